The van der Waals surface area contributed by atoms with Crippen LogP contribution in [0.1, 0.15) is 52.7 Å². The molecule has 12 heteroatoms. The van der Waals surface area contributed by atoms with Gasteiger partial charge in [-0.1, -0.05) is 70.2 Å². The molecule has 0 unspecified atom stereocenters. The molecule has 0 bridgehead atoms. The number of carboxylic acids is 2. The van der Waals surface area contributed by atoms with Gasteiger partial charge < -0.3 is 15.5 Å². The number of hydrogen-bond acceptors (Lipinski definition) is 5. The summed E-state index contributed by atoms with van der Waals surface area (Å²) in [5, 5.41) is 21.8. The molecule has 0 aliphatic heterocycles. The Hall–Kier alpha value is -3.25. The van der Waals surface area contributed by atoms with Gasteiger partial charge in [-0.2, -0.15) is 8.42 Å². The largest absolute Gasteiger partial charge is 0.481 e. The quantitative estimate of drug-likeness (QED) is 0.160. The first-order chi connectivity index (χ1) is 19.7. The van der Waals surface area contributed by atoms with Crippen LogP contribution in [0, 0.1) is 25.7 Å². The van der Waals surface area contributed by atoms with Gasteiger partial charge in [0.2, 0.25) is 5.91 Å². The summed E-state index contributed by atoms with van der Waals surface area (Å²) in [6.45, 7) is 3.51. The number of carboxylic acid groups (broad SMARTS) is 2. The van der Waals surface area contributed by atoms with Crippen LogP contribution in [-0.2, 0) is 25.0 Å². The van der Waals surface area contributed by atoms with Gasteiger partial charge in [-0.05, 0) is 80.3 Å². The second-order valence-corrected chi connectivity index (χ2v) is 12.1. The zero-order valence-corrected chi connectivity index (χ0v) is 26.2. The number of carbonyl (C=O) groups excluding carboxylic acids is 1. The molecule has 42 heavy (non-hydrogen) atoms. The Bertz CT molecular complexity index is 1500. The molecule has 1 aliphatic rings. The first-order valence-corrected chi connectivity index (χ1v) is 15.9. The van der Waals surface area contributed by atoms with E-state index in [-0.39, 0.29) is 10.8 Å². The van der Waals surface area contributed by atoms with Crippen molar-refractivity contribution in [1.82, 2.24) is 0 Å². The number of nitrogens with one attached hydrogen (secondary N) is 1. The molecule has 0 radical (unpaired) electrons. The van der Waals surface area contributed by atoms with E-state index in [0.717, 1.165) is 24.0 Å². The summed E-state index contributed by atoms with van der Waals surface area (Å²) in [6.07, 6.45) is 2.99. The van der Waals surface area contributed by atoms with Crippen molar-refractivity contribution in [2.24, 2.45) is 11.8 Å². The molecule has 1 aliphatic carbocycles. The number of hydrogen-bond donors (Lipinski definition) is 4. The minimum Gasteiger partial charge on any atom is -0.481 e. The van der Waals surface area contributed by atoms with Crippen LogP contribution >= 0.6 is 27.5 Å². The van der Waals surface area contributed by atoms with Crippen molar-refractivity contribution in [2.45, 2.75) is 49.8 Å². The van der Waals surface area contributed by atoms with Gasteiger partial charge in [-0.25, -0.2) is 4.79 Å². The fourth-order valence-electron chi connectivity index (χ4n) is 4.38. The number of amides is 1. The van der Waals surface area contributed by atoms with Crippen LogP contribution in [0.4, 0.5) is 5.69 Å². The van der Waals surface area contributed by atoms with Crippen molar-refractivity contribution < 1.29 is 37.6 Å². The van der Waals surface area contributed by atoms with Gasteiger partial charge in [-0.15, -0.1) is 0 Å². The van der Waals surface area contributed by atoms with Crippen molar-refractivity contribution in [3.63, 3.8) is 0 Å². The highest BCUT2D eigenvalue weighted by Crippen LogP contribution is 2.31. The van der Waals surface area contributed by atoms with E-state index in [2.05, 4.69) is 21.2 Å². The third-order valence-corrected chi connectivity index (χ3v) is 8.38. The van der Waals surface area contributed by atoms with E-state index in [0.29, 0.717) is 40.0 Å². The number of alkyl halides is 1. The zero-order valence-electron chi connectivity index (χ0n) is 23.1. The Labute approximate surface area is 258 Å². The Morgan fingerprint density at radius 1 is 0.929 bits per heavy atom. The number of carbonyl (C=O) groups is 3. The van der Waals surface area contributed by atoms with Gasteiger partial charge in [0, 0.05) is 16.0 Å². The fourth-order valence-corrected chi connectivity index (χ4v) is 5.57. The molecule has 0 aromatic heterocycles. The van der Waals surface area contributed by atoms with Crippen LogP contribution in [-0.4, -0.2) is 41.0 Å². The molecule has 3 aromatic rings. The molecular formula is C30H33BrClNO8S. The Kier molecular flexibility index (Phi) is 13.6. The highest BCUT2D eigenvalue weighted by molar-refractivity contribution is 9.08. The van der Waals surface area contributed by atoms with E-state index in [1.165, 1.54) is 6.07 Å². The number of anilines is 1. The lowest BCUT2D eigenvalue weighted by Gasteiger charge is -2.27. The summed E-state index contributed by atoms with van der Waals surface area (Å²) in [5.74, 6) is -2.99. The van der Waals surface area contributed by atoms with Crippen LogP contribution < -0.4 is 5.32 Å². The van der Waals surface area contributed by atoms with Gasteiger partial charge in [0.1, 0.15) is 0 Å². The summed E-state index contributed by atoms with van der Waals surface area (Å²) < 4.78 is 30.2. The predicted molar refractivity (Wildman–Crippen MR) is 165 cm³/mol. The molecule has 0 saturated heterocycles. The number of rotatable bonds is 6. The molecule has 1 amide bonds. The molecular weight excluding hydrogens is 650 g/mol. The highest BCUT2D eigenvalue weighted by atomic mass is 79.9. The average molecular weight is 683 g/mol. The normalized spacial score (nSPS) is 16.1. The van der Waals surface area contributed by atoms with Gasteiger partial charge >= 0.3 is 11.9 Å². The highest BCUT2D eigenvalue weighted by Gasteiger charge is 2.35. The molecule has 226 valence electrons. The summed E-state index contributed by atoms with van der Waals surface area (Å²) in [7, 11) is -4.05. The third-order valence-electron chi connectivity index (χ3n) is 6.47. The number of aromatic carboxylic acids is 1. The minimum absolute atomic E-state index is 0.0203. The van der Waals surface area contributed by atoms with Crippen LogP contribution in [0.2, 0.25) is 5.02 Å². The summed E-state index contributed by atoms with van der Waals surface area (Å²) in [6, 6.07) is 18.4. The van der Waals surface area contributed by atoms with Gasteiger partial charge in [0.15, 0.2) is 0 Å². The first-order valence-electron chi connectivity index (χ1n) is 12.9. The monoisotopic (exact) mass is 681 g/mol. The Morgan fingerprint density at radius 2 is 1.55 bits per heavy atom. The van der Waals surface area contributed by atoms with Crippen molar-refractivity contribution in [2.75, 3.05) is 5.32 Å². The summed E-state index contributed by atoms with van der Waals surface area (Å²) in [5.41, 5.74) is 3.49. The molecule has 9 nitrogen and oxygen atoms in total. The van der Waals surface area contributed by atoms with Crippen LogP contribution in [0.3, 0.4) is 0 Å². The van der Waals surface area contributed by atoms with Crippen molar-refractivity contribution in [3.05, 3.63) is 94.0 Å². The van der Waals surface area contributed by atoms with E-state index in [1.54, 1.807) is 61.5 Å². The van der Waals surface area contributed by atoms with Crippen LogP contribution in [0.5, 0.6) is 0 Å². The maximum atomic E-state index is 12.2. The lowest BCUT2D eigenvalue weighted by molar-refractivity contribution is -0.147. The minimum atomic E-state index is -4.05. The average Bonchev–Trinajstić information content (AvgIpc) is 2.94. The SMILES string of the molecule is Cc1ccc(S(=O)(=O)O)c(C)c1.O=C(O)[C@H]1CCCC[C@H]1C(=O)Nc1ccc(Cl)cc1.O=C(O)c1cccc(CBr)c1. The summed E-state index contributed by atoms with van der Waals surface area (Å²) >= 11 is 9.02. The van der Waals surface area contributed by atoms with Crippen molar-refractivity contribution in [3.8, 4) is 0 Å². The van der Waals surface area contributed by atoms with Crippen LogP contribution in [0.25, 0.3) is 0 Å². The van der Waals surface area contributed by atoms with Crippen LogP contribution in [0.15, 0.2) is 71.6 Å². The van der Waals surface area contributed by atoms with E-state index in [9.17, 15) is 22.8 Å². The van der Waals surface area contributed by atoms with E-state index >= 15 is 0 Å². The number of benzene rings is 3. The van der Waals surface area contributed by atoms with Gasteiger partial charge in [-0.3, -0.25) is 14.1 Å². The number of halogens is 2. The third kappa shape index (κ3) is 11.2. The Balaban J connectivity index is 0.000000233. The smallest absolute Gasteiger partial charge is 0.335 e. The molecule has 0 heterocycles. The maximum Gasteiger partial charge on any atom is 0.335 e. The zero-order chi connectivity index (χ0) is 31.4. The maximum absolute atomic E-state index is 12.2. The van der Waals surface area contributed by atoms with Crippen molar-refractivity contribution in [1.29, 1.82) is 0 Å². The van der Waals surface area contributed by atoms with Gasteiger partial charge in [0.25, 0.3) is 10.1 Å². The molecule has 1 fully saturated rings. The topological polar surface area (TPSA) is 158 Å². The lowest BCUT2D eigenvalue weighted by Crippen LogP contribution is -2.36. The second kappa shape index (κ2) is 16.4. The van der Waals surface area contributed by atoms with Crippen molar-refractivity contribution >= 4 is 61.2 Å². The fraction of sp³-hybridized carbons (Fsp3) is 0.300. The predicted octanol–water partition coefficient (Wildman–Crippen LogP) is 7.00. The number of aryl methyl sites for hydroxylation is 2. The molecule has 4 N–H and O–H groups in total. The number of aliphatic carboxylic acids is 1. The lowest BCUT2D eigenvalue weighted by atomic mass is 9.78. The molecule has 3 aromatic carbocycles. The summed E-state index contributed by atoms with van der Waals surface area (Å²) in [4.78, 5) is 33.8. The molecule has 0 spiro atoms. The van der Waals surface area contributed by atoms with E-state index in [1.807, 2.05) is 13.0 Å². The second-order valence-electron chi connectivity index (χ2n) is 9.72. The standard InChI is InChI=1S/C14H16ClNO3.C8H7BrO2.C8H10O3S/c15-9-5-7-10(8-6-9)16-13(17)11-3-1-2-4-12(11)14(18)19;9-5-6-2-1-3-7(4-6)8(10)11;1-6-3-4-8(7(2)5-6)12(9,10)11/h5-8,11-12H,1-4H2,(H,16,17)(H,18,19);1-4H,5H2,(H,10,11);3-5H,1-2H3,(H,9,10,11)/t11-,12+;;/m1../s1. The Morgan fingerprint density at radius 3 is 2.07 bits per heavy atom. The molecule has 1 saturated carbocycles. The molecule has 2 atom stereocenters. The molecule has 4 rings (SSSR count). The van der Waals surface area contributed by atoms with Gasteiger partial charge in [0.05, 0.1) is 22.3 Å². The van der Waals surface area contributed by atoms with E-state index < -0.39 is 33.9 Å². The first kappa shape index (κ1) is 34.9. The van der Waals surface area contributed by atoms with E-state index in [4.69, 9.17) is 26.4 Å².